The Kier molecular flexibility index (Phi) is 5.45. The van der Waals surface area contributed by atoms with Crippen molar-refractivity contribution >= 4 is 15.7 Å². The fourth-order valence-corrected chi connectivity index (χ4v) is 2.98. The van der Waals surface area contributed by atoms with Crippen LogP contribution in [0, 0.1) is 0 Å². The van der Waals surface area contributed by atoms with Gasteiger partial charge in [-0.1, -0.05) is 23.4 Å². The van der Waals surface area contributed by atoms with Gasteiger partial charge in [-0.05, 0) is 12.1 Å². The zero-order chi connectivity index (χ0) is 16.9. The standard InChI is InChI=1S/C14H18N4O4S/c1-18(2)9-8-15-13(19)14-16-12(17-22-14)10-23(20,21)11-6-4-3-5-7-11/h3-7H,8-10H2,1-2H3,(H,15,19)/p+1. The van der Waals surface area contributed by atoms with Gasteiger partial charge >= 0.3 is 11.8 Å². The smallest absolute Gasteiger partial charge is 0.315 e. The van der Waals surface area contributed by atoms with Crippen molar-refractivity contribution in [2.45, 2.75) is 10.6 Å². The van der Waals surface area contributed by atoms with E-state index in [4.69, 9.17) is 4.52 Å². The molecule has 1 aromatic heterocycles. The van der Waals surface area contributed by atoms with Gasteiger partial charge < -0.3 is 14.7 Å². The third-order valence-electron chi connectivity index (χ3n) is 2.99. The molecular weight excluding hydrogens is 320 g/mol. The quantitative estimate of drug-likeness (QED) is 0.664. The van der Waals surface area contributed by atoms with Crippen molar-refractivity contribution in [1.29, 1.82) is 0 Å². The first-order valence-corrected chi connectivity index (χ1v) is 8.71. The lowest BCUT2D eigenvalue weighted by Crippen LogP contribution is -3.06. The molecule has 0 unspecified atom stereocenters. The van der Waals surface area contributed by atoms with E-state index in [1.54, 1.807) is 18.2 Å². The van der Waals surface area contributed by atoms with Crippen molar-refractivity contribution in [3.63, 3.8) is 0 Å². The molecule has 1 aromatic carbocycles. The Morgan fingerprint density at radius 1 is 1.26 bits per heavy atom. The number of hydrogen-bond donors (Lipinski definition) is 2. The van der Waals surface area contributed by atoms with Gasteiger partial charge in [-0.15, -0.1) is 0 Å². The molecular formula is C14H19N4O4S+. The minimum Gasteiger partial charge on any atom is -0.342 e. The first kappa shape index (κ1) is 17.1. The summed E-state index contributed by atoms with van der Waals surface area (Å²) < 4.78 is 29.2. The SMILES string of the molecule is C[NH+](C)CCNC(=O)c1nc(CS(=O)(=O)c2ccccc2)no1. The van der Waals surface area contributed by atoms with Crippen molar-refractivity contribution < 1.29 is 22.6 Å². The van der Waals surface area contributed by atoms with Gasteiger partial charge in [-0.2, -0.15) is 4.98 Å². The molecule has 0 saturated carbocycles. The minimum atomic E-state index is -3.57. The summed E-state index contributed by atoms with van der Waals surface area (Å²) in [6.07, 6.45) is 0. The van der Waals surface area contributed by atoms with Crippen molar-refractivity contribution in [3.8, 4) is 0 Å². The van der Waals surface area contributed by atoms with Gasteiger partial charge in [-0.25, -0.2) is 8.42 Å². The lowest BCUT2D eigenvalue weighted by Gasteiger charge is -2.06. The van der Waals surface area contributed by atoms with E-state index in [2.05, 4.69) is 15.5 Å². The number of carbonyl (C=O) groups is 1. The second-order valence-corrected chi connectivity index (χ2v) is 7.29. The summed E-state index contributed by atoms with van der Waals surface area (Å²) in [6.45, 7) is 1.20. The van der Waals surface area contributed by atoms with E-state index in [0.29, 0.717) is 6.54 Å². The fourth-order valence-electron chi connectivity index (χ4n) is 1.79. The number of rotatable bonds is 7. The lowest BCUT2D eigenvalue weighted by molar-refractivity contribution is -0.856. The fraction of sp³-hybridized carbons (Fsp3) is 0.357. The van der Waals surface area contributed by atoms with E-state index < -0.39 is 21.5 Å². The molecule has 0 radical (unpaired) electrons. The van der Waals surface area contributed by atoms with Crippen LogP contribution in [0.15, 0.2) is 39.8 Å². The molecule has 124 valence electrons. The zero-order valence-corrected chi connectivity index (χ0v) is 13.8. The van der Waals surface area contributed by atoms with E-state index in [1.807, 2.05) is 14.1 Å². The van der Waals surface area contributed by atoms with E-state index in [0.717, 1.165) is 6.54 Å². The maximum atomic E-state index is 12.2. The highest BCUT2D eigenvalue weighted by molar-refractivity contribution is 7.90. The minimum absolute atomic E-state index is 0.0442. The summed E-state index contributed by atoms with van der Waals surface area (Å²) >= 11 is 0. The number of quaternary nitrogens is 1. The molecule has 0 aliphatic heterocycles. The summed E-state index contributed by atoms with van der Waals surface area (Å²) in [5.41, 5.74) is 0. The van der Waals surface area contributed by atoms with Crippen molar-refractivity contribution in [2.75, 3.05) is 27.2 Å². The number of carbonyl (C=O) groups excluding carboxylic acids is 1. The van der Waals surface area contributed by atoms with Crippen LogP contribution < -0.4 is 10.2 Å². The predicted octanol–water partition coefficient (Wildman–Crippen LogP) is -1.08. The Hall–Kier alpha value is -2.26. The average Bonchev–Trinajstić information content (AvgIpc) is 2.95. The maximum Gasteiger partial charge on any atom is 0.315 e. The number of likely N-dealkylation sites (N-methyl/N-ethyl adjacent to an activating group) is 1. The summed E-state index contributed by atoms with van der Waals surface area (Å²) in [5, 5.41) is 6.19. The van der Waals surface area contributed by atoms with Crippen LogP contribution in [-0.4, -0.2) is 51.7 Å². The molecule has 0 atom stereocenters. The molecule has 0 aliphatic rings. The Morgan fingerprint density at radius 2 is 1.96 bits per heavy atom. The number of benzene rings is 1. The highest BCUT2D eigenvalue weighted by Crippen LogP contribution is 2.14. The first-order valence-electron chi connectivity index (χ1n) is 7.06. The molecule has 0 spiro atoms. The predicted molar refractivity (Wildman–Crippen MR) is 81.6 cm³/mol. The molecule has 0 saturated heterocycles. The van der Waals surface area contributed by atoms with Crippen molar-refractivity contribution in [3.05, 3.63) is 42.0 Å². The van der Waals surface area contributed by atoms with Gasteiger partial charge in [0.25, 0.3) is 0 Å². The highest BCUT2D eigenvalue weighted by Gasteiger charge is 2.21. The Labute approximate surface area is 134 Å². The van der Waals surface area contributed by atoms with Crippen molar-refractivity contribution in [1.82, 2.24) is 15.5 Å². The largest absolute Gasteiger partial charge is 0.342 e. The Balaban J connectivity index is 2.01. The van der Waals surface area contributed by atoms with Gasteiger partial charge in [0, 0.05) is 0 Å². The average molecular weight is 339 g/mol. The lowest BCUT2D eigenvalue weighted by atomic mass is 10.4. The number of aromatic nitrogens is 2. The maximum absolute atomic E-state index is 12.2. The first-order chi connectivity index (χ1) is 10.9. The van der Waals surface area contributed by atoms with Crippen LogP contribution in [0.25, 0.3) is 0 Å². The molecule has 2 rings (SSSR count). The van der Waals surface area contributed by atoms with Crippen LogP contribution in [0.5, 0.6) is 0 Å². The normalized spacial score (nSPS) is 11.6. The number of nitrogens with one attached hydrogen (secondary N) is 2. The third-order valence-corrected chi connectivity index (χ3v) is 4.62. The number of amides is 1. The molecule has 0 bridgehead atoms. The molecule has 23 heavy (non-hydrogen) atoms. The van der Waals surface area contributed by atoms with E-state index >= 15 is 0 Å². The second-order valence-electron chi connectivity index (χ2n) is 5.30. The molecule has 1 amide bonds. The van der Waals surface area contributed by atoms with Gasteiger partial charge in [0.15, 0.2) is 15.7 Å². The van der Waals surface area contributed by atoms with E-state index in [-0.39, 0.29) is 16.6 Å². The summed E-state index contributed by atoms with van der Waals surface area (Å²) in [6, 6.07) is 7.98. The van der Waals surface area contributed by atoms with Crippen molar-refractivity contribution in [2.24, 2.45) is 0 Å². The third kappa shape index (κ3) is 4.86. The summed E-state index contributed by atoms with van der Waals surface area (Å²) in [4.78, 5) is 17.0. The van der Waals surface area contributed by atoms with Crippen LogP contribution in [0.2, 0.25) is 0 Å². The van der Waals surface area contributed by atoms with E-state index in [9.17, 15) is 13.2 Å². The molecule has 2 aromatic rings. The topological polar surface area (TPSA) is 107 Å². The van der Waals surface area contributed by atoms with Gasteiger partial charge in [0.1, 0.15) is 5.75 Å². The molecule has 2 N–H and O–H groups in total. The van der Waals surface area contributed by atoms with Crippen LogP contribution >= 0.6 is 0 Å². The van der Waals surface area contributed by atoms with Gasteiger partial charge in [0.2, 0.25) is 0 Å². The summed E-state index contributed by atoms with van der Waals surface area (Å²) in [5.74, 6) is -1.22. The number of hydrogen-bond acceptors (Lipinski definition) is 6. The Bertz CT molecular complexity index is 756. The van der Waals surface area contributed by atoms with Crippen LogP contribution in [0.3, 0.4) is 0 Å². The Morgan fingerprint density at radius 3 is 2.61 bits per heavy atom. The molecule has 8 nitrogen and oxygen atoms in total. The molecule has 0 aliphatic carbocycles. The van der Waals surface area contributed by atoms with Crippen LogP contribution in [0.1, 0.15) is 16.5 Å². The number of sulfone groups is 1. The number of nitrogens with zero attached hydrogens (tertiary/aromatic N) is 2. The van der Waals surface area contributed by atoms with E-state index in [1.165, 1.54) is 17.0 Å². The van der Waals surface area contributed by atoms with Crippen LogP contribution in [-0.2, 0) is 15.6 Å². The second kappa shape index (κ2) is 7.34. The summed E-state index contributed by atoms with van der Waals surface area (Å²) in [7, 11) is 0.353. The molecule has 0 fully saturated rings. The van der Waals surface area contributed by atoms with Gasteiger partial charge in [-0.3, -0.25) is 4.79 Å². The highest BCUT2D eigenvalue weighted by atomic mass is 32.2. The molecule has 1 heterocycles. The molecule has 9 heteroatoms. The zero-order valence-electron chi connectivity index (χ0n) is 12.9. The van der Waals surface area contributed by atoms with Crippen LogP contribution in [0.4, 0.5) is 0 Å². The van der Waals surface area contributed by atoms with Gasteiger partial charge in [0.05, 0.1) is 32.1 Å². The monoisotopic (exact) mass is 339 g/mol.